The monoisotopic (exact) mass is 198 g/mol. The van der Waals surface area contributed by atoms with Crippen molar-refractivity contribution in [1.29, 1.82) is 0 Å². The van der Waals surface area contributed by atoms with Gasteiger partial charge in [0, 0.05) is 6.42 Å². The normalized spacial score (nSPS) is 8.31. The highest BCUT2D eigenvalue weighted by Crippen LogP contribution is 1.97. The van der Waals surface area contributed by atoms with Gasteiger partial charge in [-0.15, -0.1) is 0 Å². The van der Waals surface area contributed by atoms with Crippen molar-refractivity contribution in [2.45, 2.75) is 32.6 Å². The first-order valence-corrected chi connectivity index (χ1v) is 3.87. The van der Waals surface area contributed by atoms with E-state index in [0.29, 0.717) is 6.42 Å². The maximum atomic E-state index is 10.2. The number of hydrogen-bond acceptors (Lipinski definition) is 1. The summed E-state index contributed by atoms with van der Waals surface area (Å²) in [5, 5.41) is 8.14. The molecule has 0 rings (SSSR count). The van der Waals surface area contributed by atoms with Crippen LogP contribution in [-0.2, 0) is 4.79 Å². The highest BCUT2D eigenvalue weighted by molar-refractivity contribution is 5.66. The van der Waals surface area contributed by atoms with Gasteiger partial charge in [0.1, 0.15) is 0 Å². The van der Waals surface area contributed by atoms with Crippen LogP contribution in [0, 0.1) is 0 Å². The van der Waals surface area contributed by atoms with E-state index in [9.17, 15) is 18.0 Å². The van der Waals surface area contributed by atoms with E-state index in [4.69, 9.17) is 5.11 Å². The summed E-state index contributed by atoms with van der Waals surface area (Å²) in [6, 6.07) is 0. The highest BCUT2D eigenvalue weighted by Gasteiger charge is 1.92. The number of hydrogen-bond donors (Lipinski definition) is 1. The second-order valence-corrected chi connectivity index (χ2v) is 2.25. The fraction of sp³-hybridized carbons (Fsp3) is 0.625. The summed E-state index contributed by atoms with van der Waals surface area (Å²) in [5.41, 5.74) is 0. The van der Waals surface area contributed by atoms with Gasteiger partial charge in [-0.25, -0.2) is 4.39 Å². The molecule has 0 fully saturated rings. The molecule has 0 unspecified atom stereocenters. The Morgan fingerprint density at radius 1 is 1.38 bits per heavy atom. The number of carbonyl (C=O) groups is 1. The van der Waals surface area contributed by atoms with Crippen molar-refractivity contribution < 1.29 is 23.1 Å². The maximum Gasteiger partial charge on any atom is 0.303 e. The summed E-state index contributed by atoms with van der Waals surface area (Å²) in [7, 11) is 0. The summed E-state index contributed by atoms with van der Waals surface area (Å²) in [6.07, 6.45) is 0.240. The molecule has 0 amide bonds. The van der Waals surface area contributed by atoms with Gasteiger partial charge >= 0.3 is 5.97 Å². The van der Waals surface area contributed by atoms with Crippen LogP contribution in [0.25, 0.3) is 0 Å². The predicted octanol–water partition coefficient (Wildman–Crippen LogP) is 3.35. The number of unbranched alkanes of at least 4 members (excludes halogenated alkanes) is 2. The van der Waals surface area contributed by atoms with Crippen LogP contribution in [-0.4, -0.2) is 11.1 Å². The Balaban J connectivity index is 0. The third kappa shape index (κ3) is 24.8. The van der Waals surface area contributed by atoms with Gasteiger partial charge in [-0.2, -0.15) is 8.78 Å². The largest absolute Gasteiger partial charge is 0.481 e. The lowest BCUT2D eigenvalue weighted by Crippen LogP contribution is -1.92. The summed E-state index contributed by atoms with van der Waals surface area (Å²) in [6.45, 7) is 2.06. The quantitative estimate of drug-likeness (QED) is 0.703. The SMILES string of the molecule is CCCCCC(=O)O.FC=C(F)F. The van der Waals surface area contributed by atoms with E-state index >= 15 is 0 Å². The topological polar surface area (TPSA) is 37.3 Å². The van der Waals surface area contributed by atoms with Crippen molar-refractivity contribution in [1.82, 2.24) is 0 Å². The highest BCUT2D eigenvalue weighted by atomic mass is 19.3. The lowest BCUT2D eigenvalue weighted by Gasteiger charge is -1.89. The van der Waals surface area contributed by atoms with Gasteiger partial charge in [0.25, 0.3) is 6.08 Å². The molecule has 0 aliphatic rings. The minimum atomic E-state index is -2.29. The van der Waals surface area contributed by atoms with Crippen LogP contribution < -0.4 is 0 Å². The van der Waals surface area contributed by atoms with Gasteiger partial charge in [0.2, 0.25) is 0 Å². The predicted molar refractivity (Wildman–Crippen MR) is 43.2 cm³/mol. The Labute approximate surface area is 75.1 Å². The van der Waals surface area contributed by atoms with Crippen LogP contribution in [0.3, 0.4) is 0 Å². The molecule has 5 heteroatoms. The first kappa shape index (κ1) is 14.5. The second kappa shape index (κ2) is 11.0. The molecule has 0 saturated heterocycles. The minimum absolute atomic E-state index is 0.327. The van der Waals surface area contributed by atoms with Crippen LogP contribution in [0.4, 0.5) is 13.2 Å². The Hall–Kier alpha value is -1.00. The van der Waals surface area contributed by atoms with Gasteiger partial charge in [0.05, 0.1) is 0 Å². The summed E-state index contributed by atoms with van der Waals surface area (Å²) >= 11 is 0. The minimum Gasteiger partial charge on any atom is -0.481 e. The van der Waals surface area contributed by atoms with E-state index in [-0.39, 0.29) is 0 Å². The molecule has 0 bridgehead atoms. The number of rotatable bonds is 4. The average molecular weight is 198 g/mol. The molecular formula is C8H13F3O2. The van der Waals surface area contributed by atoms with E-state index in [2.05, 4.69) is 6.92 Å². The molecular weight excluding hydrogens is 185 g/mol. The van der Waals surface area contributed by atoms with Crippen molar-refractivity contribution in [2.75, 3.05) is 0 Å². The number of halogens is 3. The Morgan fingerprint density at radius 2 is 1.85 bits per heavy atom. The van der Waals surface area contributed by atoms with Crippen LogP contribution in [0.15, 0.2) is 12.4 Å². The van der Waals surface area contributed by atoms with E-state index in [1.165, 1.54) is 0 Å². The first-order chi connectivity index (χ1) is 6.04. The van der Waals surface area contributed by atoms with Crippen LogP contribution in [0.2, 0.25) is 0 Å². The van der Waals surface area contributed by atoms with Crippen LogP contribution in [0.5, 0.6) is 0 Å². The third-order valence-electron chi connectivity index (χ3n) is 1.08. The molecule has 2 nitrogen and oxygen atoms in total. The molecule has 0 heterocycles. The average Bonchev–Trinajstić information content (AvgIpc) is 2.05. The zero-order chi connectivity index (χ0) is 10.7. The Bertz CT molecular complexity index is 153. The zero-order valence-electron chi connectivity index (χ0n) is 7.40. The van der Waals surface area contributed by atoms with E-state index in [1.54, 1.807) is 0 Å². The van der Waals surface area contributed by atoms with E-state index in [1.807, 2.05) is 0 Å². The fourth-order valence-electron chi connectivity index (χ4n) is 0.526. The van der Waals surface area contributed by atoms with Gasteiger partial charge in [0.15, 0.2) is 6.33 Å². The van der Waals surface area contributed by atoms with E-state index in [0.717, 1.165) is 19.3 Å². The molecule has 0 radical (unpaired) electrons. The molecule has 0 atom stereocenters. The number of carboxylic acids is 1. The maximum absolute atomic E-state index is 10.2. The van der Waals surface area contributed by atoms with Gasteiger partial charge < -0.3 is 5.11 Å². The fourth-order valence-corrected chi connectivity index (χ4v) is 0.526. The molecule has 0 aromatic carbocycles. The molecule has 13 heavy (non-hydrogen) atoms. The first-order valence-electron chi connectivity index (χ1n) is 3.87. The Morgan fingerprint density at radius 3 is 2.08 bits per heavy atom. The Kier molecular flexibility index (Phi) is 12.3. The van der Waals surface area contributed by atoms with E-state index < -0.39 is 18.4 Å². The second-order valence-electron chi connectivity index (χ2n) is 2.25. The van der Waals surface area contributed by atoms with Gasteiger partial charge in [-0.1, -0.05) is 19.8 Å². The zero-order valence-corrected chi connectivity index (χ0v) is 7.40. The number of aliphatic carboxylic acids is 1. The van der Waals surface area contributed by atoms with Crippen molar-refractivity contribution in [2.24, 2.45) is 0 Å². The molecule has 0 saturated carbocycles. The van der Waals surface area contributed by atoms with Crippen molar-refractivity contribution >= 4 is 5.97 Å². The smallest absolute Gasteiger partial charge is 0.303 e. The lowest BCUT2D eigenvalue weighted by molar-refractivity contribution is -0.137. The molecule has 0 spiro atoms. The van der Waals surface area contributed by atoms with Crippen LogP contribution >= 0.6 is 0 Å². The van der Waals surface area contributed by atoms with Gasteiger partial charge in [-0.05, 0) is 6.42 Å². The van der Waals surface area contributed by atoms with Crippen LogP contribution in [0.1, 0.15) is 32.6 Å². The molecule has 1 N–H and O–H groups in total. The van der Waals surface area contributed by atoms with Gasteiger partial charge in [-0.3, -0.25) is 4.79 Å². The van der Waals surface area contributed by atoms with Crippen molar-refractivity contribution in [3.63, 3.8) is 0 Å². The lowest BCUT2D eigenvalue weighted by atomic mass is 10.2. The molecule has 0 aromatic heterocycles. The molecule has 78 valence electrons. The molecule has 0 aliphatic carbocycles. The summed E-state index contributed by atoms with van der Waals surface area (Å²) < 4.78 is 30.7. The summed E-state index contributed by atoms with van der Waals surface area (Å²) in [5.74, 6) is -0.682. The molecule has 0 aliphatic heterocycles. The summed E-state index contributed by atoms with van der Waals surface area (Å²) in [4.78, 5) is 9.87. The molecule has 0 aromatic rings. The third-order valence-corrected chi connectivity index (χ3v) is 1.08. The number of carboxylic acid groups (broad SMARTS) is 1. The standard InChI is InChI=1S/C6H12O2.C2HF3/c1-2-3-4-5-6(7)8;3-1-2(4)5/h2-5H2,1H3,(H,7,8);1H. The van der Waals surface area contributed by atoms with Crippen molar-refractivity contribution in [3.05, 3.63) is 12.4 Å². The van der Waals surface area contributed by atoms with Crippen molar-refractivity contribution in [3.8, 4) is 0 Å².